The molecule has 158 valence electrons. The van der Waals surface area contributed by atoms with Crippen LogP contribution in [0.25, 0.3) is 0 Å². The van der Waals surface area contributed by atoms with Crippen LogP contribution in [0, 0.1) is 12.3 Å². The van der Waals surface area contributed by atoms with Crippen LogP contribution in [0.5, 0.6) is 23.0 Å². The van der Waals surface area contributed by atoms with Crippen molar-refractivity contribution in [3.8, 4) is 35.3 Å². The first-order valence-electron chi connectivity index (χ1n) is 9.12. The van der Waals surface area contributed by atoms with E-state index in [2.05, 4.69) is 16.4 Å². The summed E-state index contributed by atoms with van der Waals surface area (Å²) >= 11 is 6.22. The Bertz CT molecular complexity index is 953. The fraction of sp³-hybridized carbons (Fsp3) is 0.273. The molecule has 0 aromatic heterocycles. The third-order valence-corrected chi connectivity index (χ3v) is 4.10. The number of halogens is 1. The molecular weight excluding hydrogens is 408 g/mol. The molecule has 2 aromatic rings. The Labute approximate surface area is 180 Å². The van der Waals surface area contributed by atoms with Crippen molar-refractivity contribution in [3.63, 3.8) is 0 Å². The maximum absolute atomic E-state index is 12.4. The number of terminal acetylenes is 1. The molecular formula is C22H23ClN2O5. The van der Waals surface area contributed by atoms with Gasteiger partial charge in [-0.2, -0.15) is 5.10 Å². The lowest BCUT2D eigenvalue weighted by Gasteiger charge is -2.11. The fourth-order valence-electron chi connectivity index (χ4n) is 2.44. The van der Waals surface area contributed by atoms with Crippen molar-refractivity contribution in [1.82, 2.24) is 5.43 Å². The van der Waals surface area contributed by atoms with Crippen molar-refractivity contribution in [2.75, 3.05) is 27.4 Å². The van der Waals surface area contributed by atoms with Crippen LogP contribution < -0.4 is 24.4 Å². The van der Waals surface area contributed by atoms with Crippen LogP contribution in [0.3, 0.4) is 0 Å². The first-order chi connectivity index (χ1) is 14.5. The number of nitrogens with one attached hydrogen (secondary N) is 1. The normalized spacial score (nSPS) is 10.4. The number of hydrazone groups is 1. The molecule has 8 heteroatoms. The summed E-state index contributed by atoms with van der Waals surface area (Å²) in [7, 11) is 3.00. The van der Waals surface area contributed by atoms with E-state index in [4.69, 9.17) is 37.0 Å². The highest BCUT2D eigenvalue weighted by atomic mass is 35.5. The summed E-state index contributed by atoms with van der Waals surface area (Å²) in [5, 5.41) is 4.28. The van der Waals surface area contributed by atoms with Gasteiger partial charge in [0.15, 0.2) is 23.0 Å². The van der Waals surface area contributed by atoms with Crippen molar-refractivity contribution in [1.29, 1.82) is 0 Å². The number of nitrogens with zero attached hydrogens (tertiary/aromatic N) is 1. The maximum Gasteiger partial charge on any atom is 0.271 e. The number of rotatable bonds is 10. The highest BCUT2D eigenvalue weighted by Gasteiger charge is 2.12. The van der Waals surface area contributed by atoms with Crippen LogP contribution in [-0.2, 0) is 0 Å². The lowest BCUT2D eigenvalue weighted by Crippen LogP contribution is -2.17. The van der Waals surface area contributed by atoms with Gasteiger partial charge in [0.2, 0.25) is 0 Å². The van der Waals surface area contributed by atoms with Gasteiger partial charge in [-0.05, 0) is 42.3 Å². The van der Waals surface area contributed by atoms with Crippen LogP contribution in [-0.4, -0.2) is 39.6 Å². The van der Waals surface area contributed by atoms with Gasteiger partial charge in [0.1, 0.15) is 6.61 Å². The molecule has 2 rings (SSSR count). The quantitative estimate of drug-likeness (QED) is 0.351. The zero-order valence-corrected chi connectivity index (χ0v) is 17.8. The molecule has 0 aliphatic carbocycles. The topological polar surface area (TPSA) is 78.4 Å². The van der Waals surface area contributed by atoms with E-state index in [1.165, 1.54) is 20.4 Å². The summed E-state index contributed by atoms with van der Waals surface area (Å²) in [6.07, 6.45) is 7.51. The molecule has 0 spiro atoms. The second kappa shape index (κ2) is 11.6. The number of hydrogen-bond donors (Lipinski definition) is 1. The first kappa shape index (κ1) is 22.9. The summed E-state index contributed by atoms with van der Waals surface area (Å²) in [6, 6.07) is 8.20. The molecule has 0 fully saturated rings. The van der Waals surface area contributed by atoms with Crippen LogP contribution in [0.2, 0.25) is 5.02 Å². The number of carbonyl (C=O) groups is 1. The average molecular weight is 431 g/mol. The Morgan fingerprint density at radius 3 is 2.60 bits per heavy atom. The lowest BCUT2D eigenvalue weighted by atomic mass is 10.2. The van der Waals surface area contributed by atoms with Gasteiger partial charge in [0.05, 0.1) is 32.1 Å². The van der Waals surface area contributed by atoms with E-state index in [0.717, 1.165) is 6.42 Å². The van der Waals surface area contributed by atoms with Crippen molar-refractivity contribution in [3.05, 3.63) is 46.5 Å². The zero-order chi connectivity index (χ0) is 21.9. The second-order valence-electron chi connectivity index (χ2n) is 5.94. The molecule has 0 atom stereocenters. The molecule has 0 aliphatic heterocycles. The molecule has 0 heterocycles. The first-order valence-corrected chi connectivity index (χ1v) is 9.49. The maximum atomic E-state index is 12.4. The molecule has 2 aromatic carbocycles. The Morgan fingerprint density at radius 2 is 1.93 bits per heavy atom. The van der Waals surface area contributed by atoms with Crippen molar-refractivity contribution in [2.24, 2.45) is 5.10 Å². The molecule has 0 aliphatic rings. The monoisotopic (exact) mass is 430 g/mol. The zero-order valence-electron chi connectivity index (χ0n) is 17.0. The van der Waals surface area contributed by atoms with Crippen LogP contribution in [0.15, 0.2) is 35.4 Å². The lowest BCUT2D eigenvalue weighted by molar-refractivity contribution is 0.0954. The Balaban J connectivity index is 2.10. The van der Waals surface area contributed by atoms with E-state index in [1.54, 1.807) is 30.3 Å². The smallest absolute Gasteiger partial charge is 0.271 e. The Kier molecular flexibility index (Phi) is 8.85. The minimum Gasteiger partial charge on any atom is -0.493 e. The highest BCUT2D eigenvalue weighted by Crippen LogP contribution is 2.36. The van der Waals surface area contributed by atoms with E-state index in [1.807, 2.05) is 6.92 Å². The summed E-state index contributed by atoms with van der Waals surface area (Å²) in [4.78, 5) is 12.4. The van der Waals surface area contributed by atoms with Gasteiger partial charge >= 0.3 is 0 Å². The fourth-order valence-corrected chi connectivity index (χ4v) is 2.71. The van der Waals surface area contributed by atoms with Crippen molar-refractivity contribution < 1.29 is 23.7 Å². The molecule has 0 saturated carbocycles. The number of ether oxygens (including phenoxy) is 4. The predicted molar refractivity (Wildman–Crippen MR) is 116 cm³/mol. The SMILES string of the molecule is C#CCOc1c(Cl)cc(/C=N/NC(=O)c2ccc(OCCC)c(OC)c2)cc1OC. The van der Waals surface area contributed by atoms with Crippen molar-refractivity contribution in [2.45, 2.75) is 13.3 Å². The van der Waals surface area contributed by atoms with Gasteiger partial charge in [-0.15, -0.1) is 6.42 Å². The number of benzene rings is 2. The molecule has 0 saturated heterocycles. The van der Waals surface area contributed by atoms with Crippen LogP contribution in [0.1, 0.15) is 29.3 Å². The van der Waals surface area contributed by atoms with Crippen LogP contribution >= 0.6 is 11.6 Å². The molecule has 1 amide bonds. The average Bonchev–Trinajstić information content (AvgIpc) is 2.76. The third-order valence-electron chi connectivity index (χ3n) is 3.82. The molecule has 0 bridgehead atoms. The summed E-state index contributed by atoms with van der Waals surface area (Å²) in [5.74, 6) is 3.75. The standard InChI is InChI=1S/C22H23ClN2O5/c1-5-9-29-18-8-7-16(13-19(18)27-3)22(26)25-24-14-15-11-17(23)21(30-10-6-2)20(12-15)28-4/h2,7-8,11-14H,5,9-10H2,1,3-4H3,(H,25,26)/b24-14+. The summed E-state index contributed by atoms with van der Waals surface area (Å²) in [5.41, 5.74) is 3.44. The number of hydrogen-bond acceptors (Lipinski definition) is 6. The van der Waals surface area contributed by atoms with E-state index in [9.17, 15) is 4.79 Å². The molecule has 7 nitrogen and oxygen atoms in total. The largest absolute Gasteiger partial charge is 0.493 e. The van der Waals surface area contributed by atoms with E-state index < -0.39 is 5.91 Å². The molecule has 0 radical (unpaired) electrons. The second-order valence-corrected chi connectivity index (χ2v) is 6.35. The van der Waals surface area contributed by atoms with E-state index in [0.29, 0.717) is 45.8 Å². The van der Waals surface area contributed by atoms with Gasteiger partial charge in [-0.1, -0.05) is 24.4 Å². The summed E-state index contributed by atoms with van der Waals surface area (Å²) in [6.45, 7) is 2.63. The predicted octanol–water partition coefficient (Wildman–Crippen LogP) is 3.92. The van der Waals surface area contributed by atoms with Gasteiger partial charge in [-0.25, -0.2) is 5.43 Å². The van der Waals surface area contributed by atoms with E-state index >= 15 is 0 Å². The van der Waals surface area contributed by atoms with Gasteiger partial charge in [0.25, 0.3) is 5.91 Å². The minimum atomic E-state index is -0.404. The Hall–Kier alpha value is -3.37. The molecule has 1 N–H and O–H groups in total. The number of methoxy groups -OCH3 is 2. The van der Waals surface area contributed by atoms with E-state index in [-0.39, 0.29) is 6.61 Å². The minimum absolute atomic E-state index is 0.0608. The van der Waals surface area contributed by atoms with Gasteiger partial charge < -0.3 is 18.9 Å². The molecule has 30 heavy (non-hydrogen) atoms. The Morgan fingerprint density at radius 1 is 1.17 bits per heavy atom. The molecule has 0 unspecified atom stereocenters. The van der Waals surface area contributed by atoms with Crippen LogP contribution in [0.4, 0.5) is 0 Å². The van der Waals surface area contributed by atoms with Gasteiger partial charge in [-0.3, -0.25) is 4.79 Å². The number of carbonyl (C=O) groups excluding carboxylic acids is 1. The van der Waals surface area contributed by atoms with Gasteiger partial charge in [0, 0.05) is 5.56 Å². The summed E-state index contributed by atoms with van der Waals surface area (Å²) < 4.78 is 21.5. The number of amides is 1. The third kappa shape index (κ3) is 6.06. The highest BCUT2D eigenvalue weighted by molar-refractivity contribution is 6.32. The van der Waals surface area contributed by atoms with Crippen molar-refractivity contribution >= 4 is 23.7 Å².